The molecule has 0 heterocycles. The maximum absolute atomic E-state index is 3.65. The summed E-state index contributed by atoms with van der Waals surface area (Å²) in [6.45, 7) is 16.4. The third-order valence-electron chi connectivity index (χ3n) is 3.91. The fraction of sp³-hybridized carbons (Fsp3) is 1.00. The highest BCUT2D eigenvalue weighted by Crippen LogP contribution is 2.25. The van der Waals surface area contributed by atoms with Crippen LogP contribution < -0.4 is 5.32 Å². The molecule has 0 saturated heterocycles. The van der Waals surface area contributed by atoms with Gasteiger partial charge in [0.15, 0.2) is 0 Å². The molecular weight excluding hydrogens is 206 g/mol. The average Bonchev–Trinajstić information content (AvgIpc) is 2.27. The predicted molar refractivity (Wildman–Crippen MR) is 79.3 cm³/mol. The molecule has 1 heteroatoms. The van der Waals surface area contributed by atoms with E-state index in [9.17, 15) is 0 Å². The van der Waals surface area contributed by atoms with E-state index in [1.54, 1.807) is 0 Å². The van der Waals surface area contributed by atoms with Gasteiger partial charge >= 0.3 is 0 Å². The first kappa shape index (κ1) is 17.0. The summed E-state index contributed by atoms with van der Waals surface area (Å²) >= 11 is 0. The van der Waals surface area contributed by atoms with Crippen molar-refractivity contribution < 1.29 is 0 Å². The Balaban J connectivity index is 4.09. The SMILES string of the molecule is CCCC(C)C(CNCC(C)C)CC(C)CC. The molecule has 0 amide bonds. The molecule has 0 spiro atoms. The van der Waals surface area contributed by atoms with Crippen molar-refractivity contribution in [3.8, 4) is 0 Å². The molecule has 0 aliphatic rings. The van der Waals surface area contributed by atoms with E-state index in [2.05, 4.69) is 46.9 Å². The molecule has 1 N–H and O–H groups in total. The van der Waals surface area contributed by atoms with Gasteiger partial charge in [-0.3, -0.25) is 0 Å². The summed E-state index contributed by atoms with van der Waals surface area (Å²) in [6, 6.07) is 0. The molecule has 1 nitrogen and oxygen atoms in total. The summed E-state index contributed by atoms with van der Waals surface area (Å²) in [4.78, 5) is 0. The molecule has 17 heavy (non-hydrogen) atoms. The van der Waals surface area contributed by atoms with Crippen LogP contribution in [0.4, 0.5) is 0 Å². The first-order chi connectivity index (χ1) is 8.01. The summed E-state index contributed by atoms with van der Waals surface area (Å²) in [6.07, 6.45) is 5.41. The van der Waals surface area contributed by atoms with Crippen molar-refractivity contribution in [1.29, 1.82) is 0 Å². The van der Waals surface area contributed by atoms with E-state index in [1.165, 1.54) is 32.2 Å². The van der Waals surface area contributed by atoms with E-state index < -0.39 is 0 Å². The van der Waals surface area contributed by atoms with Crippen LogP contribution in [0.1, 0.15) is 67.2 Å². The first-order valence-electron chi connectivity index (χ1n) is 7.71. The van der Waals surface area contributed by atoms with E-state index in [4.69, 9.17) is 0 Å². The minimum absolute atomic E-state index is 0.765. The van der Waals surface area contributed by atoms with Gasteiger partial charge in [0.2, 0.25) is 0 Å². The second-order valence-electron chi connectivity index (χ2n) is 6.33. The Morgan fingerprint density at radius 3 is 2.06 bits per heavy atom. The van der Waals surface area contributed by atoms with Crippen LogP contribution in [-0.2, 0) is 0 Å². The van der Waals surface area contributed by atoms with Crippen molar-refractivity contribution in [3.05, 3.63) is 0 Å². The number of nitrogens with one attached hydrogen (secondary N) is 1. The Hall–Kier alpha value is -0.0400. The minimum atomic E-state index is 0.765. The van der Waals surface area contributed by atoms with Gasteiger partial charge in [0.1, 0.15) is 0 Å². The third kappa shape index (κ3) is 8.65. The van der Waals surface area contributed by atoms with Crippen LogP contribution in [0.5, 0.6) is 0 Å². The minimum Gasteiger partial charge on any atom is -0.316 e. The topological polar surface area (TPSA) is 12.0 Å². The van der Waals surface area contributed by atoms with E-state index in [0.29, 0.717) is 0 Å². The van der Waals surface area contributed by atoms with Crippen molar-refractivity contribution in [2.75, 3.05) is 13.1 Å². The molecule has 0 radical (unpaired) electrons. The lowest BCUT2D eigenvalue weighted by Gasteiger charge is -2.27. The number of rotatable bonds is 10. The zero-order chi connectivity index (χ0) is 13.3. The molecule has 0 bridgehead atoms. The zero-order valence-electron chi connectivity index (χ0n) is 13.1. The predicted octanol–water partition coefficient (Wildman–Crippen LogP) is 4.72. The van der Waals surface area contributed by atoms with Gasteiger partial charge in [0.25, 0.3) is 0 Å². The van der Waals surface area contributed by atoms with Gasteiger partial charge < -0.3 is 5.32 Å². The third-order valence-corrected chi connectivity index (χ3v) is 3.91. The van der Waals surface area contributed by atoms with Crippen LogP contribution in [0.25, 0.3) is 0 Å². The fourth-order valence-corrected chi connectivity index (χ4v) is 2.45. The summed E-state index contributed by atoms with van der Waals surface area (Å²) in [5.41, 5.74) is 0. The molecule has 0 aromatic heterocycles. The molecule has 0 rings (SSSR count). The first-order valence-corrected chi connectivity index (χ1v) is 7.71. The van der Waals surface area contributed by atoms with Crippen LogP contribution in [0.15, 0.2) is 0 Å². The Morgan fingerprint density at radius 2 is 1.59 bits per heavy atom. The van der Waals surface area contributed by atoms with Crippen molar-refractivity contribution in [1.82, 2.24) is 5.32 Å². The van der Waals surface area contributed by atoms with Crippen LogP contribution >= 0.6 is 0 Å². The van der Waals surface area contributed by atoms with E-state index in [1.807, 2.05) is 0 Å². The largest absolute Gasteiger partial charge is 0.316 e. The smallest absolute Gasteiger partial charge is 0.00178 e. The maximum atomic E-state index is 3.65. The quantitative estimate of drug-likeness (QED) is 0.583. The van der Waals surface area contributed by atoms with Crippen LogP contribution in [-0.4, -0.2) is 13.1 Å². The summed E-state index contributed by atoms with van der Waals surface area (Å²) < 4.78 is 0. The van der Waals surface area contributed by atoms with Crippen molar-refractivity contribution >= 4 is 0 Å². The molecule has 0 aliphatic heterocycles. The van der Waals surface area contributed by atoms with Gasteiger partial charge in [0.05, 0.1) is 0 Å². The normalized spacial score (nSPS) is 17.1. The van der Waals surface area contributed by atoms with Gasteiger partial charge in [0, 0.05) is 0 Å². The maximum Gasteiger partial charge on any atom is -0.00178 e. The van der Waals surface area contributed by atoms with Crippen molar-refractivity contribution in [2.45, 2.75) is 67.2 Å². The highest BCUT2D eigenvalue weighted by atomic mass is 14.9. The summed E-state index contributed by atoms with van der Waals surface area (Å²) in [7, 11) is 0. The zero-order valence-corrected chi connectivity index (χ0v) is 13.1. The Bertz CT molecular complexity index is 165. The lowest BCUT2D eigenvalue weighted by atomic mass is 9.83. The summed E-state index contributed by atoms with van der Waals surface area (Å²) in [5, 5.41) is 3.65. The Morgan fingerprint density at radius 1 is 0.941 bits per heavy atom. The second kappa shape index (κ2) is 9.94. The van der Waals surface area contributed by atoms with Crippen molar-refractivity contribution in [2.24, 2.45) is 23.7 Å². The molecule has 0 aromatic rings. The van der Waals surface area contributed by atoms with Crippen molar-refractivity contribution in [3.63, 3.8) is 0 Å². The van der Waals surface area contributed by atoms with Crippen LogP contribution in [0, 0.1) is 23.7 Å². The highest BCUT2D eigenvalue weighted by Gasteiger charge is 2.18. The van der Waals surface area contributed by atoms with Crippen LogP contribution in [0.2, 0.25) is 0 Å². The van der Waals surface area contributed by atoms with E-state index >= 15 is 0 Å². The van der Waals surface area contributed by atoms with Gasteiger partial charge in [-0.2, -0.15) is 0 Å². The van der Waals surface area contributed by atoms with Gasteiger partial charge in [-0.1, -0.05) is 60.8 Å². The molecule has 3 atom stereocenters. The van der Waals surface area contributed by atoms with Gasteiger partial charge in [-0.05, 0) is 43.2 Å². The molecule has 0 aliphatic carbocycles. The lowest BCUT2D eigenvalue weighted by Crippen LogP contribution is -2.31. The standard InChI is InChI=1S/C16H35N/c1-7-9-15(6)16(10-14(5)8-2)12-17-11-13(3)4/h13-17H,7-12H2,1-6H3. The highest BCUT2D eigenvalue weighted by molar-refractivity contribution is 4.72. The second-order valence-corrected chi connectivity index (χ2v) is 6.33. The molecule has 3 unspecified atom stereocenters. The Kier molecular flexibility index (Phi) is 9.91. The van der Waals surface area contributed by atoms with E-state index in [-0.39, 0.29) is 0 Å². The number of hydrogen-bond acceptors (Lipinski definition) is 1. The molecule has 0 saturated carbocycles. The monoisotopic (exact) mass is 241 g/mol. The molecular formula is C16H35N. The van der Waals surface area contributed by atoms with Gasteiger partial charge in [-0.15, -0.1) is 0 Å². The van der Waals surface area contributed by atoms with E-state index in [0.717, 1.165) is 30.2 Å². The molecule has 104 valence electrons. The molecule has 0 fully saturated rings. The average molecular weight is 241 g/mol. The fourth-order valence-electron chi connectivity index (χ4n) is 2.45. The lowest BCUT2D eigenvalue weighted by molar-refractivity contribution is 0.260. The Labute approximate surface area is 110 Å². The molecule has 0 aromatic carbocycles. The van der Waals surface area contributed by atoms with Gasteiger partial charge in [-0.25, -0.2) is 0 Å². The number of hydrogen-bond donors (Lipinski definition) is 1. The summed E-state index contributed by atoms with van der Waals surface area (Å²) in [5.74, 6) is 3.37. The van der Waals surface area contributed by atoms with Crippen LogP contribution in [0.3, 0.4) is 0 Å².